The fraction of sp³-hybridized carbons (Fsp3) is 0.250. The van der Waals surface area contributed by atoms with Crippen LogP contribution in [-0.4, -0.2) is 22.4 Å². The molecule has 94 valence electrons. The number of thiophene rings is 1. The van der Waals surface area contributed by atoms with E-state index in [4.69, 9.17) is 5.73 Å². The smallest absolute Gasteiger partial charge is 0.263 e. The predicted octanol–water partition coefficient (Wildman–Crippen LogP) is 1.97. The van der Waals surface area contributed by atoms with Gasteiger partial charge in [0.25, 0.3) is 5.91 Å². The van der Waals surface area contributed by atoms with Gasteiger partial charge < -0.3 is 11.1 Å². The molecule has 2 aromatic heterocycles. The Bertz CT molecular complexity index is 614. The number of nitrogens with zero attached hydrogens (tertiary/aromatic N) is 2. The Labute approximate surface area is 109 Å². The molecule has 5 nitrogen and oxygen atoms in total. The van der Waals surface area contributed by atoms with Crippen molar-refractivity contribution >= 4 is 33.3 Å². The lowest BCUT2D eigenvalue weighted by molar-refractivity contribution is 0.0963. The summed E-state index contributed by atoms with van der Waals surface area (Å²) in [5.74, 6) is -0.185. The van der Waals surface area contributed by atoms with Gasteiger partial charge in [0.15, 0.2) is 0 Å². The van der Waals surface area contributed by atoms with E-state index in [1.54, 1.807) is 12.4 Å². The van der Waals surface area contributed by atoms with Crippen LogP contribution in [0, 0.1) is 0 Å². The minimum Gasteiger partial charge on any atom is -0.396 e. The van der Waals surface area contributed by atoms with Gasteiger partial charge in [-0.1, -0.05) is 11.6 Å². The Morgan fingerprint density at radius 3 is 2.83 bits per heavy atom. The zero-order valence-corrected chi connectivity index (χ0v) is 11.0. The molecule has 2 rings (SSSR count). The van der Waals surface area contributed by atoms with Crippen molar-refractivity contribution in [1.29, 1.82) is 0 Å². The van der Waals surface area contributed by atoms with E-state index in [2.05, 4.69) is 15.3 Å². The number of amides is 1. The third-order valence-corrected chi connectivity index (χ3v) is 3.44. The molecule has 0 aliphatic carbocycles. The molecule has 0 bridgehead atoms. The summed E-state index contributed by atoms with van der Waals surface area (Å²) in [5.41, 5.74) is 8.05. The molecule has 0 spiro atoms. The van der Waals surface area contributed by atoms with Gasteiger partial charge in [-0.15, -0.1) is 11.3 Å². The highest BCUT2D eigenvalue weighted by atomic mass is 32.1. The van der Waals surface area contributed by atoms with Crippen LogP contribution < -0.4 is 11.1 Å². The van der Waals surface area contributed by atoms with Crippen LogP contribution in [0.5, 0.6) is 0 Å². The Morgan fingerprint density at radius 2 is 2.17 bits per heavy atom. The Morgan fingerprint density at radius 1 is 1.44 bits per heavy atom. The van der Waals surface area contributed by atoms with Gasteiger partial charge in [0, 0.05) is 18.9 Å². The first-order valence-corrected chi connectivity index (χ1v) is 6.31. The summed E-state index contributed by atoms with van der Waals surface area (Å²) in [6, 6.07) is 0. The average Bonchev–Trinajstić information content (AvgIpc) is 2.67. The predicted molar refractivity (Wildman–Crippen MR) is 73.6 cm³/mol. The number of anilines is 1. The van der Waals surface area contributed by atoms with E-state index >= 15 is 0 Å². The normalized spacial score (nSPS) is 10.3. The quantitative estimate of drug-likeness (QED) is 0.829. The number of rotatable bonds is 3. The molecule has 0 fully saturated rings. The van der Waals surface area contributed by atoms with Gasteiger partial charge in [0.1, 0.15) is 15.2 Å². The average molecular weight is 262 g/mol. The summed E-state index contributed by atoms with van der Waals surface area (Å²) in [5, 5.41) is 2.79. The molecule has 0 aromatic carbocycles. The molecule has 2 aromatic rings. The van der Waals surface area contributed by atoms with Gasteiger partial charge in [-0.2, -0.15) is 0 Å². The van der Waals surface area contributed by atoms with Gasteiger partial charge in [-0.05, 0) is 13.8 Å². The van der Waals surface area contributed by atoms with Crippen LogP contribution in [-0.2, 0) is 0 Å². The first-order chi connectivity index (χ1) is 8.59. The molecule has 3 N–H and O–H groups in total. The van der Waals surface area contributed by atoms with Crippen LogP contribution >= 0.6 is 11.3 Å². The lowest BCUT2D eigenvalue weighted by Gasteiger charge is -2.00. The van der Waals surface area contributed by atoms with Gasteiger partial charge in [0.2, 0.25) is 0 Å². The van der Waals surface area contributed by atoms with E-state index < -0.39 is 0 Å². The zero-order chi connectivity index (χ0) is 13.1. The highest BCUT2D eigenvalue weighted by Crippen LogP contribution is 2.30. The monoisotopic (exact) mass is 262 g/mol. The number of aromatic nitrogens is 2. The molecule has 18 heavy (non-hydrogen) atoms. The summed E-state index contributed by atoms with van der Waals surface area (Å²) in [4.78, 5) is 21.4. The fourth-order valence-corrected chi connectivity index (χ4v) is 2.38. The number of carbonyl (C=O) groups excluding carboxylic acids is 1. The van der Waals surface area contributed by atoms with Gasteiger partial charge in [-0.25, -0.2) is 9.97 Å². The number of hydrogen-bond acceptors (Lipinski definition) is 5. The number of fused-ring (bicyclic) bond motifs is 1. The van der Waals surface area contributed by atoms with Crippen molar-refractivity contribution in [2.75, 3.05) is 12.3 Å². The van der Waals surface area contributed by atoms with Crippen LogP contribution in [0.3, 0.4) is 0 Å². The molecule has 0 radical (unpaired) electrons. The molecule has 1 amide bonds. The third kappa shape index (κ3) is 2.48. The number of allylic oxidation sites excluding steroid dienone is 1. The first-order valence-electron chi connectivity index (χ1n) is 5.50. The van der Waals surface area contributed by atoms with Crippen LogP contribution in [0.15, 0.2) is 24.0 Å². The van der Waals surface area contributed by atoms with Gasteiger partial charge >= 0.3 is 0 Å². The van der Waals surface area contributed by atoms with E-state index in [0.717, 1.165) is 5.57 Å². The Hall–Kier alpha value is -1.95. The second kappa shape index (κ2) is 5.14. The van der Waals surface area contributed by atoms with Gasteiger partial charge in [-0.3, -0.25) is 4.79 Å². The standard InChI is InChI=1S/C12H14N4OS/c1-7(2)3-4-15-11(17)10-8(13)9-12(18-10)16-6-5-14-9/h3,5-6H,4,13H2,1-2H3,(H,15,17). The fourth-order valence-electron chi connectivity index (χ4n) is 1.44. The summed E-state index contributed by atoms with van der Waals surface area (Å²) < 4.78 is 0. The van der Waals surface area contributed by atoms with Crippen molar-refractivity contribution in [3.63, 3.8) is 0 Å². The Balaban J connectivity index is 2.23. The molecule has 0 saturated carbocycles. The zero-order valence-electron chi connectivity index (χ0n) is 10.2. The summed E-state index contributed by atoms with van der Waals surface area (Å²) in [7, 11) is 0. The maximum atomic E-state index is 12.0. The molecule has 0 aliphatic heterocycles. The van der Waals surface area contributed by atoms with Crippen LogP contribution in [0.1, 0.15) is 23.5 Å². The third-order valence-electron chi connectivity index (χ3n) is 2.34. The van der Waals surface area contributed by atoms with Crippen molar-refractivity contribution in [1.82, 2.24) is 15.3 Å². The number of nitrogen functional groups attached to an aromatic ring is 1. The highest BCUT2D eigenvalue weighted by molar-refractivity contribution is 7.21. The second-order valence-corrected chi connectivity index (χ2v) is 5.05. The maximum Gasteiger partial charge on any atom is 0.263 e. The van der Waals surface area contributed by atoms with Crippen LogP contribution in [0.2, 0.25) is 0 Å². The minimum absolute atomic E-state index is 0.185. The van der Waals surface area contributed by atoms with Crippen LogP contribution in [0.4, 0.5) is 5.69 Å². The summed E-state index contributed by atoms with van der Waals surface area (Å²) in [6.07, 6.45) is 5.09. The number of carbonyl (C=O) groups is 1. The van der Waals surface area contributed by atoms with E-state index in [-0.39, 0.29) is 5.91 Å². The summed E-state index contributed by atoms with van der Waals surface area (Å²) >= 11 is 1.26. The van der Waals surface area contributed by atoms with Crippen LogP contribution in [0.25, 0.3) is 10.3 Å². The largest absolute Gasteiger partial charge is 0.396 e. The van der Waals surface area contributed by atoms with Crippen molar-refractivity contribution in [3.05, 3.63) is 28.9 Å². The van der Waals surface area contributed by atoms with Crippen molar-refractivity contribution in [2.45, 2.75) is 13.8 Å². The van der Waals surface area contributed by atoms with Crippen molar-refractivity contribution in [2.24, 2.45) is 0 Å². The van der Waals surface area contributed by atoms with E-state index in [9.17, 15) is 4.79 Å². The molecular formula is C12H14N4OS. The SMILES string of the molecule is CC(C)=CCNC(=O)c1sc2nccnc2c1N. The Kier molecular flexibility index (Phi) is 3.57. The molecular weight excluding hydrogens is 248 g/mol. The van der Waals surface area contributed by atoms with E-state index in [1.807, 2.05) is 19.9 Å². The second-order valence-electron chi connectivity index (χ2n) is 4.05. The lowest BCUT2D eigenvalue weighted by atomic mass is 10.3. The molecule has 0 unspecified atom stereocenters. The number of hydrogen-bond donors (Lipinski definition) is 2. The highest BCUT2D eigenvalue weighted by Gasteiger charge is 2.16. The number of nitrogens with two attached hydrogens (primary N) is 1. The first kappa shape index (κ1) is 12.5. The van der Waals surface area contributed by atoms with E-state index in [0.29, 0.717) is 27.5 Å². The number of nitrogens with one attached hydrogen (secondary N) is 1. The van der Waals surface area contributed by atoms with Gasteiger partial charge in [0.05, 0.1) is 5.69 Å². The lowest BCUT2D eigenvalue weighted by Crippen LogP contribution is -2.23. The maximum absolute atomic E-state index is 12.0. The molecule has 0 saturated heterocycles. The minimum atomic E-state index is -0.185. The molecule has 6 heteroatoms. The summed E-state index contributed by atoms with van der Waals surface area (Å²) in [6.45, 7) is 4.46. The molecule has 2 heterocycles. The van der Waals surface area contributed by atoms with Crippen molar-refractivity contribution in [3.8, 4) is 0 Å². The van der Waals surface area contributed by atoms with Crippen molar-refractivity contribution < 1.29 is 4.79 Å². The molecule has 0 aliphatic rings. The van der Waals surface area contributed by atoms with E-state index in [1.165, 1.54) is 11.3 Å². The molecule has 0 atom stereocenters. The topological polar surface area (TPSA) is 80.9 Å².